The van der Waals surface area contributed by atoms with Crippen LogP contribution in [0.4, 0.5) is 5.82 Å². The van der Waals surface area contributed by atoms with Crippen LogP contribution in [0.15, 0.2) is 78.9 Å². The fourth-order valence-electron chi connectivity index (χ4n) is 4.93. The van der Waals surface area contributed by atoms with E-state index < -0.39 is 6.04 Å². The van der Waals surface area contributed by atoms with Gasteiger partial charge in [-0.25, -0.2) is 14.8 Å². The number of esters is 1. The first-order valence-electron chi connectivity index (χ1n) is 13.8. The molecule has 8 nitrogen and oxygen atoms in total. The van der Waals surface area contributed by atoms with Crippen molar-refractivity contribution in [1.29, 1.82) is 0 Å². The van der Waals surface area contributed by atoms with Gasteiger partial charge in [0.05, 0.1) is 19.2 Å². The lowest BCUT2D eigenvalue weighted by molar-refractivity contribution is -0.142. The molecular formula is C32H37N5O3. The van der Waals surface area contributed by atoms with E-state index in [0.717, 1.165) is 61.0 Å². The Morgan fingerprint density at radius 2 is 1.45 bits per heavy atom. The van der Waals surface area contributed by atoms with Crippen molar-refractivity contribution in [3.05, 3.63) is 90.3 Å². The van der Waals surface area contributed by atoms with Gasteiger partial charge in [0.2, 0.25) is 0 Å². The van der Waals surface area contributed by atoms with Crippen molar-refractivity contribution in [2.75, 3.05) is 38.6 Å². The molecule has 1 aliphatic rings. The van der Waals surface area contributed by atoms with Crippen LogP contribution in [0.2, 0.25) is 0 Å². The number of benzene rings is 3. The zero-order valence-electron chi connectivity index (χ0n) is 23.4. The molecule has 0 radical (unpaired) electrons. The summed E-state index contributed by atoms with van der Waals surface area (Å²) in [5.41, 5.74) is 2.13. The van der Waals surface area contributed by atoms with Crippen LogP contribution in [0.1, 0.15) is 25.2 Å². The molecule has 1 saturated heterocycles. The van der Waals surface area contributed by atoms with Gasteiger partial charge >= 0.3 is 5.97 Å². The zero-order chi connectivity index (χ0) is 27.9. The Balaban J connectivity index is 1.19. The minimum Gasteiger partial charge on any atom is -0.467 e. The van der Waals surface area contributed by atoms with Gasteiger partial charge in [0, 0.05) is 38.1 Å². The van der Waals surface area contributed by atoms with Crippen molar-refractivity contribution < 1.29 is 14.3 Å². The molecule has 1 aliphatic heterocycles. The lowest BCUT2D eigenvalue weighted by Crippen LogP contribution is -2.45. The van der Waals surface area contributed by atoms with Gasteiger partial charge in [-0.05, 0) is 47.9 Å². The Labute approximate surface area is 235 Å². The molecule has 1 fully saturated rings. The highest BCUT2D eigenvalue weighted by molar-refractivity contribution is 5.91. The summed E-state index contributed by atoms with van der Waals surface area (Å²) in [7, 11) is 1.41. The van der Waals surface area contributed by atoms with Crippen LogP contribution >= 0.6 is 0 Å². The van der Waals surface area contributed by atoms with E-state index in [-0.39, 0.29) is 11.9 Å². The quantitative estimate of drug-likeness (QED) is 0.270. The van der Waals surface area contributed by atoms with Crippen LogP contribution in [0.5, 0.6) is 11.5 Å². The number of hydrogen-bond donors (Lipinski definition) is 1. The summed E-state index contributed by atoms with van der Waals surface area (Å²) in [5, 5.41) is 4.23. The zero-order valence-corrected chi connectivity index (χ0v) is 23.4. The van der Waals surface area contributed by atoms with Gasteiger partial charge in [-0.3, -0.25) is 9.80 Å². The Kier molecular flexibility index (Phi) is 8.88. The maximum atomic E-state index is 12.4. The number of ether oxygens (including phenoxy) is 2. The summed E-state index contributed by atoms with van der Waals surface area (Å²) in [5.74, 6) is 2.85. The summed E-state index contributed by atoms with van der Waals surface area (Å²) < 4.78 is 10.9. The predicted octanol–water partition coefficient (Wildman–Crippen LogP) is 5.35. The largest absolute Gasteiger partial charge is 0.467 e. The van der Waals surface area contributed by atoms with Crippen molar-refractivity contribution in [2.45, 2.75) is 33.0 Å². The molecule has 0 bridgehead atoms. The Hall–Kier alpha value is -4.01. The molecule has 0 spiro atoms. The standard InChI is InChI=1S/C32H37N5O3/c1-23(2)30(32(38)39-3)35-31-27-11-7-8-12-28(27)33-29(34-31)22-37-19-17-36(18-20-37)21-24-13-15-26(16-14-24)40-25-9-5-4-6-10-25/h4-16,23,30H,17-22H2,1-3H3,(H,33,34,35)/t30-/m0/s1. The highest BCUT2D eigenvalue weighted by Gasteiger charge is 2.25. The second kappa shape index (κ2) is 12.9. The second-order valence-corrected chi connectivity index (χ2v) is 10.5. The molecular weight excluding hydrogens is 502 g/mol. The van der Waals surface area contributed by atoms with Crippen molar-refractivity contribution in [2.24, 2.45) is 5.92 Å². The maximum absolute atomic E-state index is 12.4. The first kappa shape index (κ1) is 27.6. The van der Waals surface area contributed by atoms with Crippen LogP contribution in [-0.4, -0.2) is 65.1 Å². The third kappa shape index (κ3) is 6.94. The first-order chi connectivity index (χ1) is 19.5. The summed E-state index contributed by atoms with van der Waals surface area (Å²) in [6, 6.07) is 25.6. The fraction of sp³-hybridized carbons (Fsp3) is 0.344. The smallest absolute Gasteiger partial charge is 0.328 e. The summed E-state index contributed by atoms with van der Waals surface area (Å²) in [6.45, 7) is 9.36. The molecule has 0 saturated carbocycles. The SMILES string of the molecule is COC(=O)[C@@H](Nc1nc(CN2CCN(Cc3ccc(Oc4ccccc4)cc3)CC2)nc2ccccc12)C(C)C. The topological polar surface area (TPSA) is 79.8 Å². The number of anilines is 1. The van der Waals surface area contributed by atoms with Gasteiger partial charge < -0.3 is 14.8 Å². The average Bonchev–Trinajstić information content (AvgIpc) is 2.98. The molecule has 5 rings (SSSR count). The number of para-hydroxylation sites is 2. The molecule has 0 amide bonds. The third-order valence-electron chi connectivity index (χ3n) is 7.20. The maximum Gasteiger partial charge on any atom is 0.328 e. The van der Waals surface area contributed by atoms with Gasteiger partial charge in [0.1, 0.15) is 29.2 Å². The van der Waals surface area contributed by atoms with Gasteiger partial charge in [-0.15, -0.1) is 0 Å². The van der Waals surface area contributed by atoms with E-state index in [4.69, 9.17) is 19.4 Å². The van der Waals surface area contributed by atoms with E-state index in [0.29, 0.717) is 12.4 Å². The van der Waals surface area contributed by atoms with Crippen LogP contribution in [0.3, 0.4) is 0 Å². The molecule has 8 heteroatoms. The molecule has 0 unspecified atom stereocenters. The molecule has 40 heavy (non-hydrogen) atoms. The number of hydrogen-bond acceptors (Lipinski definition) is 8. The molecule has 1 N–H and O–H groups in total. The van der Waals surface area contributed by atoms with Crippen LogP contribution in [-0.2, 0) is 22.6 Å². The monoisotopic (exact) mass is 539 g/mol. The van der Waals surface area contributed by atoms with Gasteiger partial charge in [0.15, 0.2) is 0 Å². The molecule has 208 valence electrons. The summed E-state index contributed by atoms with van der Waals surface area (Å²) >= 11 is 0. The average molecular weight is 540 g/mol. The normalized spacial score (nSPS) is 15.2. The Morgan fingerprint density at radius 1 is 0.825 bits per heavy atom. The number of methoxy groups -OCH3 is 1. The number of nitrogens with one attached hydrogen (secondary N) is 1. The van der Waals surface area contributed by atoms with Crippen molar-refractivity contribution in [3.63, 3.8) is 0 Å². The summed E-state index contributed by atoms with van der Waals surface area (Å²) in [4.78, 5) is 27.0. The van der Waals surface area contributed by atoms with E-state index in [9.17, 15) is 4.79 Å². The highest BCUT2D eigenvalue weighted by Crippen LogP contribution is 2.24. The minimum absolute atomic E-state index is 0.0466. The van der Waals surface area contributed by atoms with Gasteiger partial charge in [-0.1, -0.05) is 56.3 Å². The van der Waals surface area contributed by atoms with E-state index in [2.05, 4.69) is 27.2 Å². The van der Waals surface area contributed by atoms with E-state index >= 15 is 0 Å². The number of carbonyl (C=O) groups is 1. The van der Waals surface area contributed by atoms with Crippen LogP contribution < -0.4 is 10.1 Å². The van der Waals surface area contributed by atoms with Crippen LogP contribution in [0, 0.1) is 5.92 Å². The Bertz CT molecular complexity index is 1400. The molecule has 1 atom stereocenters. The number of nitrogens with zero attached hydrogens (tertiary/aromatic N) is 4. The lowest BCUT2D eigenvalue weighted by atomic mass is 10.0. The van der Waals surface area contributed by atoms with E-state index in [1.54, 1.807) is 0 Å². The Morgan fingerprint density at radius 3 is 2.12 bits per heavy atom. The number of piperazine rings is 1. The molecule has 4 aromatic rings. The van der Waals surface area contributed by atoms with E-state index in [1.807, 2.05) is 80.6 Å². The van der Waals surface area contributed by atoms with Crippen LogP contribution in [0.25, 0.3) is 10.9 Å². The predicted molar refractivity (Wildman–Crippen MR) is 157 cm³/mol. The second-order valence-electron chi connectivity index (χ2n) is 10.5. The van der Waals surface area contributed by atoms with E-state index in [1.165, 1.54) is 12.7 Å². The molecule has 1 aromatic heterocycles. The lowest BCUT2D eigenvalue weighted by Gasteiger charge is -2.34. The number of aromatic nitrogens is 2. The molecule has 2 heterocycles. The third-order valence-corrected chi connectivity index (χ3v) is 7.20. The fourth-order valence-corrected chi connectivity index (χ4v) is 4.93. The van der Waals surface area contributed by atoms with Gasteiger partial charge in [-0.2, -0.15) is 0 Å². The first-order valence-corrected chi connectivity index (χ1v) is 13.8. The molecule has 3 aromatic carbocycles. The number of carbonyl (C=O) groups excluding carboxylic acids is 1. The van der Waals surface area contributed by atoms with Gasteiger partial charge in [0.25, 0.3) is 0 Å². The highest BCUT2D eigenvalue weighted by atomic mass is 16.5. The number of fused-ring (bicyclic) bond motifs is 1. The minimum atomic E-state index is -0.487. The number of rotatable bonds is 10. The van der Waals surface area contributed by atoms with Crippen molar-refractivity contribution in [3.8, 4) is 11.5 Å². The molecule has 0 aliphatic carbocycles. The summed E-state index contributed by atoms with van der Waals surface area (Å²) in [6.07, 6.45) is 0. The van der Waals surface area contributed by atoms with Crippen molar-refractivity contribution in [1.82, 2.24) is 19.8 Å². The van der Waals surface area contributed by atoms with Crippen molar-refractivity contribution >= 4 is 22.7 Å².